The van der Waals surface area contributed by atoms with Crippen LogP contribution in [0.1, 0.15) is 39.0 Å². The molecule has 1 atom stereocenters. The van der Waals surface area contributed by atoms with Gasteiger partial charge in [-0.15, -0.1) is 0 Å². The number of furan rings is 1. The summed E-state index contributed by atoms with van der Waals surface area (Å²) in [5.41, 5.74) is 2.28. The maximum atomic E-state index is 13.6. The minimum Gasteiger partial charge on any atom is -0.490 e. The second-order valence-electron chi connectivity index (χ2n) is 7.76. The number of carbonyl (C=O) groups excluding carboxylic acids is 1. The molecule has 32 heavy (non-hydrogen) atoms. The second-order valence-corrected chi connectivity index (χ2v) is 7.76. The Morgan fingerprint density at radius 1 is 1.12 bits per heavy atom. The Balaban J connectivity index is 1.67. The summed E-state index contributed by atoms with van der Waals surface area (Å²) in [6.07, 6.45) is 3.23. The number of hydrogen-bond acceptors (Lipinski definition) is 5. The molecule has 3 heterocycles. The molecular formula is C26H21NO5. The predicted molar refractivity (Wildman–Crippen MR) is 120 cm³/mol. The number of hydrogen-bond donors (Lipinski definition) is 0. The van der Waals surface area contributed by atoms with Crippen LogP contribution in [0.3, 0.4) is 0 Å². The van der Waals surface area contributed by atoms with E-state index in [9.17, 15) is 9.59 Å². The molecule has 1 aliphatic heterocycles. The summed E-state index contributed by atoms with van der Waals surface area (Å²) >= 11 is 0. The molecule has 0 fully saturated rings. The van der Waals surface area contributed by atoms with E-state index in [4.69, 9.17) is 13.6 Å². The Labute approximate surface area is 184 Å². The average Bonchev–Trinajstić information content (AvgIpc) is 3.41. The Morgan fingerprint density at radius 3 is 2.66 bits per heavy atom. The van der Waals surface area contributed by atoms with Gasteiger partial charge in [-0.25, -0.2) is 0 Å². The van der Waals surface area contributed by atoms with Crippen LogP contribution in [-0.2, 0) is 6.54 Å². The van der Waals surface area contributed by atoms with Gasteiger partial charge in [-0.3, -0.25) is 9.59 Å². The van der Waals surface area contributed by atoms with E-state index in [-0.39, 0.29) is 23.6 Å². The van der Waals surface area contributed by atoms with E-state index in [0.717, 1.165) is 11.1 Å². The summed E-state index contributed by atoms with van der Waals surface area (Å²) < 4.78 is 17.0. The summed E-state index contributed by atoms with van der Waals surface area (Å²) in [6, 6.07) is 15.7. The normalized spacial score (nSPS) is 15.2. The van der Waals surface area contributed by atoms with E-state index in [1.54, 1.807) is 41.5 Å². The molecule has 0 saturated carbocycles. The lowest BCUT2D eigenvalue weighted by atomic mass is 9.98. The van der Waals surface area contributed by atoms with Crippen LogP contribution in [-0.4, -0.2) is 17.4 Å². The average molecular weight is 427 g/mol. The van der Waals surface area contributed by atoms with E-state index < -0.39 is 6.04 Å². The molecule has 0 radical (unpaired) electrons. The van der Waals surface area contributed by atoms with Crippen LogP contribution in [0, 0.1) is 6.92 Å². The van der Waals surface area contributed by atoms with Gasteiger partial charge in [0.15, 0.2) is 5.43 Å². The van der Waals surface area contributed by atoms with E-state index in [1.165, 1.54) is 0 Å². The van der Waals surface area contributed by atoms with Crippen molar-refractivity contribution in [3.8, 4) is 5.75 Å². The predicted octanol–water partition coefficient (Wildman–Crippen LogP) is 5.00. The van der Waals surface area contributed by atoms with Crippen LogP contribution < -0.4 is 10.2 Å². The molecule has 0 spiro atoms. The fourth-order valence-corrected chi connectivity index (χ4v) is 4.12. The number of nitrogens with zero attached hydrogens (tertiary/aromatic N) is 1. The molecule has 2 aromatic carbocycles. The Hall–Kier alpha value is -4.06. The molecule has 0 N–H and O–H groups in total. The highest BCUT2D eigenvalue weighted by Gasteiger charge is 2.43. The molecule has 1 amide bonds. The molecular weight excluding hydrogens is 406 g/mol. The SMILES string of the molecule is C=CCOc1ccc([C@H]2c3c(oc4ccc(C)cc4c3=O)C(=O)N2Cc2ccco2)cc1. The van der Waals surface area contributed by atoms with Crippen LogP contribution in [0.25, 0.3) is 11.0 Å². The largest absolute Gasteiger partial charge is 0.490 e. The number of rotatable bonds is 6. The van der Waals surface area contributed by atoms with E-state index in [2.05, 4.69) is 6.58 Å². The van der Waals surface area contributed by atoms with Gasteiger partial charge in [-0.1, -0.05) is 36.4 Å². The number of benzene rings is 2. The van der Waals surface area contributed by atoms with Crippen molar-refractivity contribution in [3.05, 3.63) is 112 Å². The van der Waals surface area contributed by atoms with Crippen molar-refractivity contribution in [2.75, 3.05) is 6.61 Å². The Kier molecular flexibility index (Phi) is 4.90. The molecule has 6 heteroatoms. The van der Waals surface area contributed by atoms with Crippen LogP contribution in [0.15, 0.2) is 87.1 Å². The first-order chi connectivity index (χ1) is 15.6. The zero-order valence-electron chi connectivity index (χ0n) is 17.5. The van der Waals surface area contributed by atoms with Crippen molar-refractivity contribution in [2.45, 2.75) is 19.5 Å². The molecule has 2 aromatic heterocycles. The van der Waals surface area contributed by atoms with E-state index >= 15 is 0 Å². The number of carbonyl (C=O) groups is 1. The number of amides is 1. The highest BCUT2D eigenvalue weighted by Crippen LogP contribution is 2.39. The van der Waals surface area contributed by atoms with Crippen molar-refractivity contribution in [2.24, 2.45) is 0 Å². The fraction of sp³-hybridized carbons (Fsp3) is 0.154. The molecule has 160 valence electrons. The maximum Gasteiger partial charge on any atom is 0.291 e. The Morgan fingerprint density at radius 2 is 1.94 bits per heavy atom. The number of aryl methyl sites for hydroxylation is 1. The van der Waals surface area contributed by atoms with Crippen molar-refractivity contribution in [3.63, 3.8) is 0 Å². The van der Waals surface area contributed by atoms with Crippen LogP contribution in [0.5, 0.6) is 5.75 Å². The van der Waals surface area contributed by atoms with Gasteiger partial charge < -0.3 is 18.5 Å². The molecule has 6 nitrogen and oxygen atoms in total. The maximum absolute atomic E-state index is 13.6. The van der Waals surface area contributed by atoms with Gasteiger partial charge in [0.1, 0.15) is 23.7 Å². The zero-order valence-corrected chi connectivity index (χ0v) is 17.5. The van der Waals surface area contributed by atoms with Crippen molar-refractivity contribution >= 4 is 16.9 Å². The summed E-state index contributed by atoms with van der Waals surface area (Å²) in [7, 11) is 0. The molecule has 1 aliphatic rings. The van der Waals surface area contributed by atoms with Crippen molar-refractivity contribution in [1.82, 2.24) is 4.90 Å². The lowest BCUT2D eigenvalue weighted by Crippen LogP contribution is -2.29. The van der Waals surface area contributed by atoms with Crippen LogP contribution >= 0.6 is 0 Å². The first-order valence-electron chi connectivity index (χ1n) is 10.3. The van der Waals surface area contributed by atoms with E-state index in [0.29, 0.717) is 34.6 Å². The van der Waals surface area contributed by atoms with Gasteiger partial charge in [0.25, 0.3) is 5.91 Å². The summed E-state index contributed by atoms with van der Waals surface area (Å²) in [5, 5.41) is 0.465. The highest BCUT2D eigenvalue weighted by atomic mass is 16.5. The van der Waals surface area contributed by atoms with Gasteiger partial charge >= 0.3 is 0 Å². The quantitative estimate of drug-likeness (QED) is 0.405. The first kappa shape index (κ1) is 19.9. The van der Waals surface area contributed by atoms with Crippen molar-refractivity contribution < 1.29 is 18.4 Å². The van der Waals surface area contributed by atoms with Gasteiger partial charge in [0.05, 0.1) is 29.8 Å². The molecule has 0 bridgehead atoms. The van der Waals surface area contributed by atoms with Gasteiger partial charge in [-0.05, 0) is 48.9 Å². The zero-order chi connectivity index (χ0) is 22.2. The standard InChI is InChI=1S/C26H21NO5/c1-3-12-30-18-9-7-17(8-10-18)23-22-24(28)20-14-16(2)6-11-21(20)32-25(22)26(29)27(23)15-19-5-4-13-31-19/h3-11,13-14,23H,1,12,15H2,2H3/t23-/m0/s1. The molecule has 0 unspecified atom stereocenters. The summed E-state index contributed by atoms with van der Waals surface area (Å²) in [5.74, 6) is 1.04. The number of fused-ring (bicyclic) bond motifs is 2. The smallest absolute Gasteiger partial charge is 0.291 e. The van der Waals surface area contributed by atoms with Gasteiger partial charge in [0, 0.05) is 0 Å². The second kappa shape index (κ2) is 7.89. The first-order valence-corrected chi connectivity index (χ1v) is 10.3. The van der Waals surface area contributed by atoms with Gasteiger partial charge in [-0.2, -0.15) is 0 Å². The Bertz CT molecular complexity index is 1370. The van der Waals surface area contributed by atoms with E-state index in [1.807, 2.05) is 37.3 Å². The lowest BCUT2D eigenvalue weighted by Gasteiger charge is -2.24. The number of ether oxygens (including phenoxy) is 1. The third-order valence-corrected chi connectivity index (χ3v) is 5.59. The minimum absolute atomic E-state index is 0.0786. The van der Waals surface area contributed by atoms with Crippen LogP contribution in [0.4, 0.5) is 0 Å². The van der Waals surface area contributed by atoms with Crippen molar-refractivity contribution in [1.29, 1.82) is 0 Å². The third kappa shape index (κ3) is 3.30. The summed E-state index contributed by atoms with van der Waals surface area (Å²) in [6.45, 7) is 6.17. The molecule has 5 rings (SSSR count). The third-order valence-electron chi connectivity index (χ3n) is 5.59. The summed E-state index contributed by atoms with van der Waals surface area (Å²) in [4.78, 5) is 28.6. The fourth-order valence-electron chi connectivity index (χ4n) is 4.12. The van der Waals surface area contributed by atoms with Crippen LogP contribution in [0.2, 0.25) is 0 Å². The molecule has 0 saturated heterocycles. The topological polar surface area (TPSA) is 72.9 Å². The molecule has 4 aromatic rings. The monoisotopic (exact) mass is 427 g/mol. The van der Waals surface area contributed by atoms with Gasteiger partial charge in [0.2, 0.25) is 5.76 Å². The molecule has 0 aliphatic carbocycles. The lowest BCUT2D eigenvalue weighted by molar-refractivity contribution is 0.0701. The minimum atomic E-state index is -0.600. The highest BCUT2D eigenvalue weighted by molar-refractivity contribution is 5.99.